The van der Waals surface area contributed by atoms with Gasteiger partial charge in [0.05, 0.1) is 5.41 Å². The predicted octanol–water partition coefficient (Wildman–Crippen LogP) is 2.55. The Morgan fingerprint density at radius 2 is 1.83 bits per heavy atom. The number of hydrogen-bond acceptors (Lipinski definition) is 2. The van der Waals surface area contributed by atoms with Gasteiger partial charge in [-0.15, -0.1) is 0 Å². The maximum absolute atomic E-state index is 11.1. The van der Waals surface area contributed by atoms with Crippen molar-refractivity contribution in [1.29, 1.82) is 0 Å². The van der Waals surface area contributed by atoms with Crippen molar-refractivity contribution in [3.8, 4) is 0 Å². The second-order valence-electron chi connectivity index (χ2n) is 5.43. The molecule has 0 spiro atoms. The first-order valence-electron chi connectivity index (χ1n) is 6.55. The summed E-state index contributed by atoms with van der Waals surface area (Å²) < 4.78 is 0. The molecule has 2 rings (SSSR count). The van der Waals surface area contributed by atoms with E-state index in [4.69, 9.17) is 5.11 Å². The second-order valence-corrected chi connectivity index (χ2v) is 5.43. The summed E-state index contributed by atoms with van der Waals surface area (Å²) in [5.41, 5.74) is 2.12. The average molecular weight is 247 g/mol. The van der Waals surface area contributed by atoms with Gasteiger partial charge in [-0.3, -0.25) is 4.79 Å². The number of aryl methyl sites for hydroxylation is 1. The van der Waals surface area contributed by atoms with Crippen molar-refractivity contribution in [2.45, 2.75) is 32.7 Å². The van der Waals surface area contributed by atoms with Crippen LogP contribution < -0.4 is 0 Å². The summed E-state index contributed by atoms with van der Waals surface area (Å²) in [5, 5.41) is 9.16. The minimum Gasteiger partial charge on any atom is -0.481 e. The lowest BCUT2D eigenvalue weighted by atomic mass is 10.1. The van der Waals surface area contributed by atoms with E-state index in [0.717, 1.165) is 25.8 Å². The Kier molecular flexibility index (Phi) is 3.71. The van der Waals surface area contributed by atoms with E-state index in [1.54, 1.807) is 0 Å². The number of rotatable bonds is 6. The maximum atomic E-state index is 11.1. The highest BCUT2D eigenvalue weighted by molar-refractivity contribution is 5.78. The quantitative estimate of drug-likeness (QED) is 0.840. The van der Waals surface area contributed by atoms with Crippen molar-refractivity contribution >= 4 is 5.97 Å². The highest BCUT2D eigenvalue weighted by Gasteiger charge is 2.50. The number of nitrogens with zero attached hydrogens (tertiary/aromatic N) is 1. The van der Waals surface area contributed by atoms with E-state index in [1.807, 2.05) is 7.05 Å². The molecule has 1 fully saturated rings. The van der Waals surface area contributed by atoms with Gasteiger partial charge in [0, 0.05) is 13.1 Å². The number of carboxylic acids is 1. The standard InChI is InChI=1S/C15H21NO2/c1-3-12-4-6-13(7-5-12)10-16(2)11-15(8-9-15)14(17)18/h4-7H,3,8-11H2,1-2H3,(H,17,18). The molecule has 0 saturated heterocycles. The summed E-state index contributed by atoms with van der Waals surface area (Å²) in [6, 6.07) is 8.56. The minimum atomic E-state index is -0.643. The van der Waals surface area contributed by atoms with Crippen molar-refractivity contribution in [3.63, 3.8) is 0 Å². The summed E-state index contributed by atoms with van der Waals surface area (Å²) in [6.07, 6.45) is 2.70. The molecule has 1 aromatic carbocycles. The summed E-state index contributed by atoms with van der Waals surface area (Å²) in [5.74, 6) is -0.643. The van der Waals surface area contributed by atoms with Crippen molar-refractivity contribution in [2.75, 3.05) is 13.6 Å². The topological polar surface area (TPSA) is 40.5 Å². The fraction of sp³-hybridized carbons (Fsp3) is 0.533. The zero-order valence-electron chi connectivity index (χ0n) is 11.1. The molecule has 1 aliphatic rings. The Bertz CT molecular complexity index is 421. The molecule has 1 aliphatic carbocycles. The zero-order chi connectivity index (χ0) is 13.2. The van der Waals surface area contributed by atoms with Crippen LogP contribution in [0, 0.1) is 5.41 Å². The van der Waals surface area contributed by atoms with Crippen LogP contribution in [-0.2, 0) is 17.8 Å². The van der Waals surface area contributed by atoms with Crippen molar-refractivity contribution in [1.82, 2.24) is 4.90 Å². The normalized spacial score (nSPS) is 16.8. The largest absolute Gasteiger partial charge is 0.481 e. The molecule has 0 heterocycles. The van der Waals surface area contributed by atoms with Crippen molar-refractivity contribution in [2.24, 2.45) is 5.41 Å². The number of hydrogen-bond donors (Lipinski definition) is 1. The molecule has 0 unspecified atom stereocenters. The van der Waals surface area contributed by atoms with E-state index in [1.165, 1.54) is 11.1 Å². The molecule has 18 heavy (non-hydrogen) atoms. The lowest BCUT2D eigenvalue weighted by molar-refractivity contribution is -0.144. The van der Waals surface area contributed by atoms with Gasteiger partial charge < -0.3 is 10.0 Å². The first kappa shape index (κ1) is 13.1. The number of benzene rings is 1. The molecule has 0 bridgehead atoms. The molecule has 98 valence electrons. The van der Waals surface area contributed by atoms with Gasteiger partial charge in [-0.05, 0) is 37.4 Å². The third-order valence-corrected chi connectivity index (χ3v) is 3.76. The van der Waals surface area contributed by atoms with E-state index < -0.39 is 11.4 Å². The van der Waals surface area contributed by atoms with Gasteiger partial charge in [-0.2, -0.15) is 0 Å². The minimum absolute atomic E-state index is 0.460. The van der Waals surface area contributed by atoms with E-state index in [9.17, 15) is 4.79 Å². The molecule has 0 radical (unpaired) electrons. The van der Waals surface area contributed by atoms with E-state index >= 15 is 0 Å². The molecule has 0 amide bonds. The van der Waals surface area contributed by atoms with Gasteiger partial charge in [-0.25, -0.2) is 0 Å². The third kappa shape index (κ3) is 2.91. The lowest BCUT2D eigenvalue weighted by Crippen LogP contribution is -2.31. The molecule has 1 saturated carbocycles. The van der Waals surface area contributed by atoms with Gasteiger partial charge >= 0.3 is 5.97 Å². The third-order valence-electron chi connectivity index (χ3n) is 3.76. The lowest BCUT2D eigenvalue weighted by Gasteiger charge is -2.21. The van der Waals surface area contributed by atoms with Crippen molar-refractivity contribution in [3.05, 3.63) is 35.4 Å². The first-order valence-corrected chi connectivity index (χ1v) is 6.55. The SMILES string of the molecule is CCc1ccc(CN(C)CC2(C(=O)O)CC2)cc1. The van der Waals surface area contributed by atoms with Gasteiger partial charge in [0.15, 0.2) is 0 Å². The van der Waals surface area contributed by atoms with Crippen LogP contribution in [0.15, 0.2) is 24.3 Å². The van der Waals surface area contributed by atoms with Gasteiger partial charge in [0.1, 0.15) is 0 Å². The Hall–Kier alpha value is -1.35. The number of carbonyl (C=O) groups is 1. The van der Waals surface area contributed by atoms with Crippen LogP contribution in [-0.4, -0.2) is 29.6 Å². The summed E-state index contributed by atoms with van der Waals surface area (Å²) in [6.45, 7) is 3.61. The van der Waals surface area contributed by atoms with Gasteiger partial charge in [0.25, 0.3) is 0 Å². The highest BCUT2D eigenvalue weighted by atomic mass is 16.4. The van der Waals surface area contributed by atoms with E-state index in [-0.39, 0.29) is 0 Å². The Balaban J connectivity index is 1.90. The smallest absolute Gasteiger partial charge is 0.310 e. The van der Waals surface area contributed by atoms with Crippen LogP contribution >= 0.6 is 0 Å². The Morgan fingerprint density at radius 1 is 1.28 bits per heavy atom. The summed E-state index contributed by atoms with van der Waals surface area (Å²) in [4.78, 5) is 13.2. The van der Waals surface area contributed by atoms with E-state index in [2.05, 4.69) is 36.1 Å². The first-order chi connectivity index (χ1) is 8.55. The molecule has 0 aromatic heterocycles. The fourth-order valence-electron chi connectivity index (χ4n) is 2.36. The van der Waals surface area contributed by atoms with E-state index in [0.29, 0.717) is 6.54 Å². The zero-order valence-corrected chi connectivity index (χ0v) is 11.1. The highest BCUT2D eigenvalue weighted by Crippen LogP contribution is 2.46. The molecule has 0 atom stereocenters. The summed E-state index contributed by atoms with van der Waals surface area (Å²) >= 11 is 0. The maximum Gasteiger partial charge on any atom is 0.310 e. The fourth-order valence-corrected chi connectivity index (χ4v) is 2.36. The molecule has 3 nitrogen and oxygen atoms in total. The predicted molar refractivity (Wildman–Crippen MR) is 71.5 cm³/mol. The van der Waals surface area contributed by atoms with Crippen LogP contribution in [0.3, 0.4) is 0 Å². The summed E-state index contributed by atoms with van der Waals surface area (Å²) in [7, 11) is 2.00. The molecular weight excluding hydrogens is 226 g/mol. The van der Waals surface area contributed by atoms with Gasteiger partial charge in [-0.1, -0.05) is 31.2 Å². The van der Waals surface area contributed by atoms with Gasteiger partial charge in [0.2, 0.25) is 0 Å². The second kappa shape index (κ2) is 5.11. The molecule has 0 aliphatic heterocycles. The molecule has 1 N–H and O–H groups in total. The van der Waals surface area contributed by atoms with Crippen LogP contribution in [0.1, 0.15) is 30.9 Å². The number of aliphatic carboxylic acids is 1. The van der Waals surface area contributed by atoms with Crippen LogP contribution in [0.4, 0.5) is 0 Å². The molecular formula is C15H21NO2. The molecule has 1 aromatic rings. The monoisotopic (exact) mass is 247 g/mol. The molecule has 3 heteroatoms. The van der Waals surface area contributed by atoms with Crippen LogP contribution in [0.5, 0.6) is 0 Å². The van der Waals surface area contributed by atoms with Crippen molar-refractivity contribution < 1.29 is 9.90 Å². The van der Waals surface area contributed by atoms with Crippen LogP contribution in [0.25, 0.3) is 0 Å². The number of carboxylic acid groups (broad SMARTS) is 1. The Morgan fingerprint density at radius 3 is 2.28 bits per heavy atom. The van der Waals surface area contributed by atoms with Crippen LogP contribution in [0.2, 0.25) is 0 Å². The average Bonchev–Trinajstić information content (AvgIpc) is 3.11. The Labute approximate surface area is 108 Å².